The number of aliphatic hydroxyl groups excluding tert-OH is 1. The summed E-state index contributed by atoms with van der Waals surface area (Å²) in [6.07, 6.45) is 36.5. The van der Waals surface area contributed by atoms with Gasteiger partial charge in [0.15, 0.2) is 63.1 Å². The number of nitrogens with two attached hydrogens (primary N) is 5. The molecule has 15 aromatic heterocycles. The number of carbonyl (C=O) groups excluding carboxylic acids is 5. The van der Waals surface area contributed by atoms with Gasteiger partial charge in [0.2, 0.25) is 0 Å². The van der Waals surface area contributed by atoms with E-state index in [0.717, 1.165) is 131 Å². The van der Waals surface area contributed by atoms with Crippen LogP contribution >= 0.6 is 11.6 Å². The Labute approximate surface area is 814 Å². The molecule has 20 heterocycles. The largest absolute Gasteiger partial charge is 0.393 e. The Hall–Kier alpha value is -17.8. The van der Waals surface area contributed by atoms with E-state index in [-0.39, 0.29) is 100 Å². The third-order valence-electron chi connectivity index (χ3n) is 23.8. The van der Waals surface area contributed by atoms with Crippen LogP contribution in [-0.2, 0) is 30.4 Å². The molecular formula is C92H97ClFN41O7. The van der Waals surface area contributed by atoms with E-state index in [1.54, 1.807) is 99.1 Å². The number of aromatic nitrogens is 20. The number of likely N-dealkylation sites (N-methyl/N-ethyl adjacent to an activating group) is 2. The Morgan fingerprint density at radius 2 is 0.669 bits per heavy atom. The lowest BCUT2D eigenvalue weighted by atomic mass is 10.1. The van der Waals surface area contributed by atoms with Crippen molar-refractivity contribution in [2.75, 3.05) is 199 Å². The maximum atomic E-state index is 13.4. The van der Waals surface area contributed by atoms with Gasteiger partial charge in [-0.3, -0.25) is 48.9 Å². The number of rotatable bonds is 19. The Balaban J connectivity index is 0.000000128. The number of aliphatic hydroxyl groups is 1. The Morgan fingerprint density at radius 3 is 1.01 bits per heavy atom. The van der Waals surface area contributed by atoms with Gasteiger partial charge in [0.1, 0.15) is 27.8 Å². The van der Waals surface area contributed by atoms with Crippen molar-refractivity contribution >= 4 is 155 Å². The summed E-state index contributed by atoms with van der Waals surface area (Å²) in [5.41, 5.74) is 42.0. The van der Waals surface area contributed by atoms with Crippen LogP contribution in [0.3, 0.4) is 0 Å². The van der Waals surface area contributed by atoms with Crippen molar-refractivity contribution in [3.05, 3.63) is 209 Å². The zero-order valence-corrected chi connectivity index (χ0v) is 77.8. The second kappa shape index (κ2) is 44.6. The number of nitrogen functional groups attached to an aromatic ring is 5. The summed E-state index contributed by atoms with van der Waals surface area (Å²) in [5.74, 6) is -2.53. The molecule has 142 heavy (non-hydrogen) atoms. The summed E-state index contributed by atoms with van der Waals surface area (Å²) >= 11 is 6.39. The van der Waals surface area contributed by atoms with Gasteiger partial charge in [-0.2, -0.15) is 21.0 Å². The average Bonchev–Trinajstić information content (AvgIpc) is 1.62. The number of piperidine rings is 2. The van der Waals surface area contributed by atoms with Crippen molar-refractivity contribution in [3.63, 3.8) is 0 Å². The minimum absolute atomic E-state index is 0.0493. The van der Waals surface area contributed by atoms with E-state index < -0.39 is 29.4 Å². The second-order valence-corrected chi connectivity index (χ2v) is 33.8. The average molecular weight is 1940 g/mol. The number of ether oxygens (including phenoxy) is 1. The van der Waals surface area contributed by atoms with Crippen molar-refractivity contribution in [1.82, 2.24) is 108 Å². The fraction of sp³-hybridized carbons (Fsp3) is 0.304. The van der Waals surface area contributed by atoms with Gasteiger partial charge in [-0.1, -0.05) is 11.6 Å². The van der Waals surface area contributed by atoms with E-state index in [2.05, 4.69) is 169 Å². The number of pyridine rings is 5. The first-order valence-electron chi connectivity index (χ1n) is 45.0. The zero-order valence-electron chi connectivity index (χ0n) is 77.0. The molecule has 0 spiro atoms. The first-order chi connectivity index (χ1) is 68.9. The van der Waals surface area contributed by atoms with Crippen LogP contribution in [0.2, 0.25) is 5.02 Å². The molecule has 5 aliphatic heterocycles. The lowest BCUT2D eigenvalue weighted by Gasteiger charge is -2.35. The van der Waals surface area contributed by atoms with Crippen LogP contribution in [-0.4, -0.2) is 267 Å². The fourth-order valence-electron chi connectivity index (χ4n) is 16.6. The van der Waals surface area contributed by atoms with Crippen LogP contribution < -0.4 is 79.8 Å². The third kappa shape index (κ3) is 22.4. The van der Waals surface area contributed by atoms with Crippen molar-refractivity contribution in [3.8, 4) is 24.3 Å². The smallest absolute Gasteiger partial charge is 0.263 e. The Morgan fingerprint density at radius 1 is 0.380 bits per heavy atom. The summed E-state index contributed by atoms with van der Waals surface area (Å²) in [4.78, 5) is 122. The molecule has 20 rings (SSSR count). The number of piperazine rings is 2. The van der Waals surface area contributed by atoms with Crippen LogP contribution in [0.4, 0.5) is 90.4 Å². The highest BCUT2D eigenvalue weighted by Gasteiger charge is 2.32. The van der Waals surface area contributed by atoms with E-state index in [9.17, 15) is 33.5 Å². The zero-order chi connectivity index (χ0) is 99.6. The normalized spacial score (nSPS) is 14.5. The number of fused-ring (bicyclic) bond motifs is 5. The summed E-state index contributed by atoms with van der Waals surface area (Å²) < 4.78 is 25.6. The number of nitrogens with one attached hydrogen (secondary N) is 5. The number of halogens is 2. The summed E-state index contributed by atoms with van der Waals surface area (Å²) in [7, 11) is 4.15. The SMILES string of the molecule is CN1CCN(c2c(Cl)cncc2NC(=O)c2c(N)nn3cc(F)cnc23)CC1.CN1CCN(c2ccncc2NC(=O)c2c(N)nn3cc(CC#N)cnc23)CC1.N#CCc1cnc2c(C(=O)Nc3cnccc3N3CCC(O)CC3)c(N)nn2c1.N#CCc1cnc2c(C(=O)Nc3cnccc3N3CCCCC3)c(N)nn2c1.N#CCc1cnc2c(C(=O)Nc3cnccc3N3CCOCC3)c(N)nn2c1. The number of amides is 5. The molecule has 16 N–H and O–H groups in total. The van der Waals surface area contributed by atoms with Crippen molar-refractivity contribution in [2.45, 2.75) is 63.9 Å². The molecule has 0 aromatic carbocycles. The van der Waals surface area contributed by atoms with E-state index in [0.29, 0.717) is 123 Å². The molecule has 0 saturated carbocycles. The quantitative estimate of drug-likeness (QED) is 0.0433. The standard InChI is InChI=1S/C19H21N9O.C19H20N8O2.C19H20N8O.C18H18N8O2.C17H18ClFN8O/c1-26-6-8-27(9-7-26)15-3-5-22-11-14(15)24-19(29)16-17(21)25-28-12-13(2-4-20)10-23-18(16)28;20-5-1-12-9-23-18-16(17(21)25-27(18)11-12)19(29)24-14-10-22-6-2-15(14)26-7-3-13(28)4-8-26;20-6-4-13-10-23-18-16(17(21)25-27(18)12-13)19(28)24-14-11-22-7-5-15(14)26-8-2-1-3-9-26;19-3-1-12-9-22-17-15(16(20)24-26(17)11-12)18(27)23-13-10-21-4-2-14(13)25-5-7-28-8-6-25;1-25-2-4-26(5-3-25)14-11(18)7-21-8-12(14)23-17(28)13-15(20)24-27-9-10(19)6-22-16(13)27/h3,5,10-12H,2,6-9H2,1H3,(H2,21,25)(H,24,29);2,6,9-11,13,28H,1,3-4,7-8H2,(H2,21,25)(H,24,29);5,7,10-12H,1-4,8-9H2,(H2,21,25)(H,24,28);2,4,9-11H,1,5-8H2,(H2,20,24)(H,23,27);6-9H,2-5H2,1H3,(H2,20,24)(H,23,28). The van der Waals surface area contributed by atoms with Crippen molar-refractivity contribution < 1.29 is 38.2 Å². The molecule has 0 atom stereocenters. The van der Waals surface area contributed by atoms with Crippen molar-refractivity contribution in [1.29, 1.82) is 21.0 Å². The van der Waals surface area contributed by atoms with Gasteiger partial charge in [0, 0.05) is 194 Å². The summed E-state index contributed by atoms with van der Waals surface area (Å²) in [6.45, 7) is 12.9. The molecule has 5 fully saturated rings. The number of anilines is 15. The number of hydrogen-bond acceptors (Lipinski definition) is 38. The predicted octanol–water partition coefficient (Wildman–Crippen LogP) is 6.14. The Bertz CT molecular complexity index is 7020. The molecule has 0 radical (unpaired) electrons. The predicted molar refractivity (Wildman–Crippen MR) is 526 cm³/mol. The third-order valence-corrected chi connectivity index (χ3v) is 24.0. The maximum absolute atomic E-state index is 13.4. The van der Waals surface area contributed by atoms with E-state index in [1.807, 2.05) is 30.3 Å². The van der Waals surface area contributed by atoms with Gasteiger partial charge in [-0.25, -0.2) is 51.9 Å². The van der Waals surface area contributed by atoms with Gasteiger partial charge in [-0.05, 0) is 70.5 Å². The molecule has 5 aliphatic rings. The molecular weight excluding hydrogens is 1850 g/mol. The van der Waals surface area contributed by atoms with E-state index in [1.165, 1.54) is 36.9 Å². The van der Waals surface area contributed by atoms with Crippen molar-refractivity contribution in [2.24, 2.45) is 0 Å². The van der Waals surface area contributed by atoms with E-state index >= 15 is 0 Å². The van der Waals surface area contributed by atoms with Gasteiger partial charge in [-0.15, -0.1) is 25.5 Å². The van der Waals surface area contributed by atoms with E-state index in [4.69, 9.17) is 66.1 Å². The number of nitrogens with zero attached hydrogens (tertiary/aromatic N) is 31. The maximum Gasteiger partial charge on any atom is 0.263 e. The lowest BCUT2D eigenvalue weighted by molar-refractivity contribution is 0.102. The monoisotopic (exact) mass is 1940 g/mol. The van der Waals surface area contributed by atoms with Crippen LogP contribution in [0.5, 0.6) is 0 Å². The minimum atomic E-state index is -0.585. The molecule has 15 aromatic rings. The van der Waals surface area contributed by atoms with Gasteiger partial charge in [0.05, 0.1) is 175 Å². The number of morpholine rings is 1. The molecule has 726 valence electrons. The van der Waals surface area contributed by atoms with Crippen LogP contribution in [0.1, 0.15) is 106 Å². The first kappa shape index (κ1) is 97.3. The second-order valence-electron chi connectivity index (χ2n) is 33.4. The molecule has 5 amide bonds. The lowest BCUT2D eigenvalue weighted by Crippen LogP contribution is -2.44. The van der Waals surface area contributed by atoms with Gasteiger partial charge < -0.3 is 99.4 Å². The first-order valence-corrected chi connectivity index (χ1v) is 45.4. The highest BCUT2D eigenvalue weighted by Crippen LogP contribution is 2.38. The number of carbonyl (C=O) groups is 5. The van der Waals surface area contributed by atoms with Crippen LogP contribution in [0, 0.1) is 51.1 Å². The van der Waals surface area contributed by atoms with Crippen LogP contribution in [0.25, 0.3) is 28.2 Å². The van der Waals surface area contributed by atoms with Crippen LogP contribution in [0.15, 0.2) is 148 Å². The summed E-state index contributed by atoms with van der Waals surface area (Å²) in [5, 5.41) is 80.5. The Kier molecular flexibility index (Phi) is 30.5. The number of nitriles is 4. The molecule has 0 bridgehead atoms. The topological polar surface area (TPSA) is 638 Å². The fourth-order valence-corrected chi connectivity index (χ4v) is 16.9. The molecule has 0 unspecified atom stereocenters. The molecule has 50 heteroatoms. The van der Waals surface area contributed by atoms with Gasteiger partial charge >= 0.3 is 0 Å². The molecule has 48 nitrogen and oxygen atoms in total. The van der Waals surface area contributed by atoms with Gasteiger partial charge in [0.25, 0.3) is 29.5 Å². The highest BCUT2D eigenvalue weighted by molar-refractivity contribution is 6.34. The molecule has 5 saturated heterocycles. The summed E-state index contributed by atoms with van der Waals surface area (Å²) in [6, 6.07) is 15.7. The molecule has 0 aliphatic carbocycles. The minimum Gasteiger partial charge on any atom is -0.393 e. The number of hydrogen-bond donors (Lipinski definition) is 11. The highest BCUT2D eigenvalue weighted by atomic mass is 35.5.